The molecule has 0 bridgehead atoms. The summed E-state index contributed by atoms with van der Waals surface area (Å²) in [4.78, 5) is 4.64. The summed E-state index contributed by atoms with van der Waals surface area (Å²) in [5.74, 6) is 1.14. The molecule has 0 aliphatic carbocycles. The van der Waals surface area contributed by atoms with Gasteiger partial charge in [-0.25, -0.2) is 0 Å². The average Bonchev–Trinajstić information content (AvgIpc) is 2.24. The molecule has 2 heterocycles. The molecule has 0 atom stereocenters. The van der Waals surface area contributed by atoms with Gasteiger partial charge in [0.2, 0.25) is 0 Å². The van der Waals surface area contributed by atoms with Crippen molar-refractivity contribution in [3.63, 3.8) is 0 Å². The molecule has 0 spiro atoms. The van der Waals surface area contributed by atoms with E-state index in [-0.39, 0.29) is 0 Å². The SMILES string of the molecule is CC1(C)CC=C(CC2=NCC(C)(C)CN2)NC1. The first-order valence-corrected chi connectivity index (χ1v) is 6.57. The zero-order valence-corrected chi connectivity index (χ0v) is 11.6. The Bertz CT molecular complexity index is 316. The van der Waals surface area contributed by atoms with Crippen LogP contribution < -0.4 is 10.6 Å². The summed E-state index contributed by atoms with van der Waals surface area (Å²) in [5.41, 5.74) is 2.03. The molecule has 0 aromatic rings. The van der Waals surface area contributed by atoms with Crippen molar-refractivity contribution < 1.29 is 0 Å². The predicted octanol–water partition coefficient (Wildman–Crippen LogP) is 2.31. The van der Waals surface area contributed by atoms with Crippen LogP contribution >= 0.6 is 0 Å². The summed E-state index contributed by atoms with van der Waals surface area (Å²) >= 11 is 0. The Morgan fingerprint density at radius 2 is 1.82 bits per heavy atom. The Morgan fingerprint density at radius 1 is 1.12 bits per heavy atom. The molecule has 17 heavy (non-hydrogen) atoms. The number of hydrogen-bond donors (Lipinski definition) is 2. The average molecular weight is 235 g/mol. The zero-order valence-electron chi connectivity index (χ0n) is 11.6. The van der Waals surface area contributed by atoms with Crippen molar-refractivity contribution in [2.75, 3.05) is 19.6 Å². The topological polar surface area (TPSA) is 36.4 Å². The molecule has 0 amide bonds. The number of nitrogens with one attached hydrogen (secondary N) is 2. The smallest absolute Gasteiger partial charge is 0.102 e. The summed E-state index contributed by atoms with van der Waals surface area (Å²) in [5, 5.41) is 6.96. The Labute approximate surface area is 105 Å². The van der Waals surface area contributed by atoms with Gasteiger partial charge in [-0.05, 0) is 11.8 Å². The molecule has 0 unspecified atom stereocenters. The van der Waals surface area contributed by atoms with Crippen LogP contribution in [0, 0.1) is 10.8 Å². The highest BCUT2D eigenvalue weighted by atomic mass is 15.0. The number of nitrogens with zero attached hydrogens (tertiary/aromatic N) is 1. The Balaban J connectivity index is 1.91. The third-order valence-electron chi connectivity index (χ3n) is 3.52. The minimum absolute atomic E-state index is 0.305. The van der Waals surface area contributed by atoms with Crippen LogP contribution in [0.4, 0.5) is 0 Å². The first kappa shape index (κ1) is 12.5. The standard InChI is InChI=1S/C14H25N3/c1-13(2)6-5-11(15-8-13)7-12-16-9-14(3,4)10-17-12/h5,15H,6-10H2,1-4H3,(H,16,17). The van der Waals surface area contributed by atoms with Gasteiger partial charge in [-0.15, -0.1) is 0 Å². The van der Waals surface area contributed by atoms with Crippen molar-refractivity contribution >= 4 is 5.84 Å². The second kappa shape index (κ2) is 4.35. The van der Waals surface area contributed by atoms with E-state index in [4.69, 9.17) is 0 Å². The van der Waals surface area contributed by atoms with E-state index in [0.717, 1.165) is 38.3 Å². The monoisotopic (exact) mass is 235 g/mol. The number of allylic oxidation sites excluding steroid dienone is 1. The second-order valence-electron chi connectivity index (χ2n) is 6.91. The molecule has 3 heteroatoms. The van der Waals surface area contributed by atoms with Gasteiger partial charge in [0.05, 0.1) is 0 Å². The van der Waals surface area contributed by atoms with Gasteiger partial charge in [-0.2, -0.15) is 0 Å². The third kappa shape index (κ3) is 3.48. The lowest BCUT2D eigenvalue weighted by Crippen LogP contribution is -2.42. The minimum atomic E-state index is 0.305. The van der Waals surface area contributed by atoms with E-state index < -0.39 is 0 Å². The molecular weight excluding hydrogens is 210 g/mol. The lowest BCUT2D eigenvalue weighted by Gasteiger charge is -2.32. The van der Waals surface area contributed by atoms with E-state index in [9.17, 15) is 0 Å². The van der Waals surface area contributed by atoms with Crippen molar-refractivity contribution in [2.45, 2.75) is 40.5 Å². The van der Waals surface area contributed by atoms with Crippen LogP contribution in [0.2, 0.25) is 0 Å². The fourth-order valence-electron chi connectivity index (χ4n) is 2.09. The van der Waals surface area contributed by atoms with E-state index in [1.54, 1.807) is 0 Å². The fraction of sp³-hybridized carbons (Fsp3) is 0.786. The van der Waals surface area contributed by atoms with Crippen LogP contribution in [-0.4, -0.2) is 25.5 Å². The van der Waals surface area contributed by atoms with Crippen molar-refractivity contribution in [3.05, 3.63) is 11.8 Å². The largest absolute Gasteiger partial charge is 0.388 e. The first-order chi connectivity index (χ1) is 7.86. The summed E-state index contributed by atoms with van der Waals surface area (Å²) in [6.45, 7) is 12.1. The van der Waals surface area contributed by atoms with Gasteiger partial charge < -0.3 is 10.6 Å². The van der Waals surface area contributed by atoms with E-state index in [0.29, 0.717) is 10.8 Å². The first-order valence-electron chi connectivity index (χ1n) is 6.57. The number of amidine groups is 1. The Morgan fingerprint density at radius 3 is 2.35 bits per heavy atom. The molecule has 2 N–H and O–H groups in total. The second-order valence-corrected chi connectivity index (χ2v) is 6.91. The number of aliphatic imine (C=N–C) groups is 1. The lowest BCUT2D eigenvalue weighted by molar-refractivity contribution is 0.337. The molecule has 0 radical (unpaired) electrons. The quantitative estimate of drug-likeness (QED) is 0.770. The maximum absolute atomic E-state index is 4.64. The summed E-state index contributed by atoms with van der Waals surface area (Å²) < 4.78 is 0. The van der Waals surface area contributed by atoms with Crippen LogP contribution in [0.3, 0.4) is 0 Å². The van der Waals surface area contributed by atoms with Crippen LogP contribution in [0.1, 0.15) is 40.5 Å². The third-order valence-corrected chi connectivity index (χ3v) is 3.52. The van der Waals surface area contributed by atoms with Gasteiger partial charge in [0.1, 0.15) is 5.84 Å². The molecule has 0 saturated carbocycles. The van der Waals surface area contributed by atoms with Crippen LogP contribution in [0.25, 0.3) is 0 Å². The van der Waals surface area contributed by atoms with Crippen molar-refractivity contribution in [1.82, 2.24) is 10.6 Å². The summed E-state index contributed by atoms with van der Waals surface area (Å²) in [7, 11) is 0. The highest BCUT2D eigenvalue weighted by Gasteiger charge is 2.24. The summed E-state index contributed by atoms with van der Waals surface area (Å²) in [6.07, 6.45) is 4.42. The zero-order chi connectivity index (χ0) is 12.5. The molecule has 0 aromatic heterocycles. The van der Waals surface area contributed by atoms with Gasteiger partial charge in [0.25, 0.3) is 0 Å². The van der Waals surface area contributed by atoms with Crippen LogP contribution in [-0.2, 0) is 0 Å². The molecule has 2 aliphatic rings. The van der Waals surface area contributed by atoms with Gasteiger partial charge >= 0.3 is 0 Å². The molecule has 96 valence electrons. The van der Waals surface area contributed by atoms with Crippen LogP contribution in [0.15, 0.2) is 16.8 Å². The number of rotatable bonds is 2. The molecule has 0 aromatic carbocycles. The van der Waals surface area contributed by atoms with E-state index in [1.807, 2.05) is 0 Å². The normalized spacial score (nSPS) is 26.4. The van der Waals surface area contributed by atoms with E-state index >= 15 is 0 Å². The molecule has 0 saturated heterocycles. The fourth-order valence-corrected chi connectivity index (χ4v) is 2.09. The Kier molecular flexibility index (Phi) is 3.19. The molecular formula is C14H25N3. The molecule has 3 nitrogen and oxygen atoms in total. The number of hydrogen-bond acceptors (Lipinski definition) is 3. The maximum Gasteiger partial charge on any atom is 0.102 e. The van der Waals surface area contributed by atoms with Crippen LogP contribution in [0.5, 0.6) is 0 Å². The van der Waals surface area contributed by atoms with E-state index in [1.165, 1.54) is 5.70 Å². The molecule has 2 rings (SSSR count). The maximum atomic E-state index is 4.64. The van der Waals surface area contributed by atoms with Crippen molar-refractivity contribution in [1.29, 1.82) is 0 Å². The molecule has 2 aliphatic heterocycles. The predicted molar refractivity (Wildman–Crippen MR) is 73.2 cm³/mol. The van der Waals surface area contributed by atoms with Gasteiger partial charge in [-0.3, -0.25) is 4.99 Å². The lowest BCUT2D eigenvalue weighted by atomic mass is 9.86. The Hall–Kier alpha value is -0.990. The minimum Gasteiger partial charge on any atom is -0.388 e. The van der Waals surface area contributed by atoms with E-state index in [2.05, 4.69) is 49.4 Å². The highest BCUT2D eigenvalue weighted by molar-refractivity contribution is 5.84. The van der Waals surface area contributed by atoms with Crippen molar-refractivity contribution in [3.8, 4) is 0 Å². The van der Waals surface area contributed by atoms with Crippen molar-refractivity contribution in [2.24, 2.45) is 15.8 Å². The van der Waals surface area contributed by atoms with Gasteiger partial charge in [-0.1, -0.05) is 33.8 Å². The van der Waals surface area contributed by atoms with Gasteiger partial charge in [0, 0.05) is 37.2 Å². The summed E-state index contributed by atoms with van der Waals surface area (Å²) in [6, 6.07) is 0. The highest BCUT2D eigenvalue weighted by Crippen LogP contribution is 2.25. The molecule has 0 fully saturated rings. The van der Waals surface area contributed by atoms with Gasteiger partial charge in [0.15, 0.2) is 0 Å².